The molecule has 14 heavy (non-hydrogen) atoms. The van der Waals surface area contributed by atoms with Crippen LogP contribution in [0.1, 0.15) is 12.0 Å². The topological polar surface area (TPSA) is 60.2 Å². The molecule has 1 aromatic carbocycles. The molecule has 0 aliphatic carbocycles. The number of rotatable bonds is 3. The standard InChI is InChI=1S/C10H8ClNO2/c11-9-4-2-1-3-8(9)7(6-13)5-10(12)14/h1-4H,5H2,(H2,12,14). The van der Waals surface area contributed by atoms with Crippen molar-refractivity contribution < 1.29 is 9.59 Å². The van der Waals surface area contributed by atoms with Crippen molar-refractivity contribution >= 4 is 29.0 Å². The third-order valence-corrected chi connectivity index (χ3v) is 2.00. The van der Waals surface area contributed by atoms with E-state index in [-0.39, 0.29) is 12.0 Å². The van der Waals surface area contributed by atoms with E-state index in [1.807, 2.05) is 0 Å². The van der Waals surface area contributed by atoms with Crippen LogP contribution >= 0.6 is 11.6 Å². The van der Waals surface area contributed by atoms with Crippen LogP contribution in [0.2, 0.25) is 5.02 Å². The van der Waals surface area contributed by atoms with Crippen LogP contribution in [0.5, 0.6) is 0 Å². The molecule has 0 heterocycles. The van der Waals surface area contributed by atoms with Gasteiger partial charge in [-0.25, -0.2) is 4.79 Å². The summed E-state index contributed by atoms with van der Waals surface area (Å²) in [5.41, 5.74) is 5.66. The summed E-state index contributed by atoms with van der Waals surface area (Å²) in [5.74, 6) is 1.09. The zero-order chi connectivity index (χ0) is 10.6. The lowest BCUT2D eigenvalue weighted by molar-refractivity contribution is -0.117. The Hall–Kier alpha value is -1.57. The Bertz CT molecular complexity index is 408. The van der Waals surface area contributed by atoms with Gasteiger partial charge >= 0.3 is 0 Å². The molecule has 3 nitrogen and oxygen atoms in total. The van der Waals surface area contributed by atoms with E-state index in [4.69, 9.17) is 17.3 Å². The van der Waals surface area contributed by atoms with Gasteiger partial charge in [-0.05, 0) is 6.07 Å². The minimum Gasteiger partial charge on any atom is -0.369 e. The van der Waals surface area contributed by atoms with Crippen molar-refractivity contribution in [2.24, 2.45) is 5.73 Å². The van der Waals surface area contributed by atoms with Crippen molar-refractivity contribution in [3.05, 3.63) is 34.9 Å². The van der Waals surface area contributed by atoms with E-state index in [1.54, 1.807) is 30.2 Å². The smallest absolute Gasteiger partial charge is 0.222 e. The molecule has 0 fully saturated rings. The minimum atomic E-state index is -0.580. The summed E-state index contributed by atoms with van der Waals surface area (Å²) in [4.78, 5) is 21.2. The second-order valence-electron chi connectivity index (χ2n) is 2.70. The van der Waals surface area contributed by atoms with Crippen molar-refractivity contribution in [1.82, 2.24) is 0 Å². The van der Waals surface area contributed by atoms with Crippen LogP contribution in [0.3, 0.4) is 0 Å². The summed E-state index contributed by atoms with van der Waals surface area (Å²) in [6, 6.07) is 6.73. The number of amides is 1. The number of primary amides is 1. The molecule has 4 heteroatoms. The number of benzene rings is 1. The predicted octanol–water partition coefficient (Wildman–Crippen LogP) is 1.43. The first kappa shape index (κ1) is 10.5. The van der Waals surface area contributed by atoms with Crippen LogP contribution in [0.15, 0.2) is 24.3 Å². The van der Waals surface area contributed by atoms with Crippen LogP contribution in [-0.4, -0.2) is 11.8 Å². The fourth-order valence-electron chi connectivity index (χ4n) is 1.07. The highest BCUT2D eigenvalue weighted by atomic mass is 35.5. The Morgan fingerprint density at radius 2 is 2.07 bits per heavy atom. The van der Waals surface area contributed by atoms with Gasteiger partial charge < -0.3 is 5.73 Å². The molecular weight excluding hydrogens is 202 g/mol. The average molecular weight is 210 g/mol. The summed E-state index contributed by atoms with van der Waals surface area (Å²) < 4.78 is 0. The highest BCUT2D eigenvalue weighted by Gasteiger charge is 2.09. The van der Waals surface area contributed by atoms with Gasteiger partial charge in [0, 0.05) is 10.6 Å². The molecule has 0 saturated carbocycles. The molecule has 0 bridgehead atoms. The van der Waals surface area contributed by atoms with Crippen LogP contribution < -0.4 is 5.73 Å². The van der Waals surface area contributed by atoms with Gasteiger partial charge in [-0.1, -0.05) is 29.8 Å². The molecule has 0 unspecified atom stereocenters. The largest absolute Gasteiger partial charge is 0.369 e. The lowest BCUT2D eigenvalue weighted by Gasteiger charge is -2.02. The van der Waals surface area contributed by atoms with Gasteiger partial charge in [0.2, 0.25) is 5.91 Å². The van der Waals surface area contributed by atoms with Crippen molar-refractivity contribution in [2.45, 2.75) is 6.42 Å². The van der Waals surface area contributed by atoms with Gasteiger partial charge in [-0.3, -0.25) is 4.79 Å². The second kappa shape index (κ2) is 4.61. The lowest BCUT2D eigenvalue weighted by atomic mass is 10.0. The molecule has 1 amide bonds. The summed E-state index contributed by atoms with van der Waals surface area (Å²) in [5, 5.41) is 0.409. The maximum Gasteiger partial charge on any atom is 0.222 e. The van der Waals surface area contributed by atoms with Crippen molar-refractivity contribution in [1.29, 1.82) is 0 Å². The Balaban J connectivity index is 3.09. The molecule has 1 rings (SSSR count). The van der Waals surface area contributed by atoms with Gasteiger partial charge in [0.25, 0.3) is 0 Å². The van der Waals surface area contributed by atoms with Crippen molar-refractivity contribution in [2.75, 3.05) is 0 Å². The minimum absolute atomic E-state index is 0.146. The van der Waals surface area contributed by atoms with E-state index in [9.17, 15) is 9.59 Å². The fourth-order valence-corrected chi connectivity index (χ4v) is 1.32. The molecular formula is C10H8ClNO2. The first-order valence-corrected chi connectivity index (χ1v) is 4.30. The van der Waals surface area contributed by atoms with E-state index in [1.165, 1.54) is 0 Å². The van der Waals surface area contributed by atoms with Crippen LogP contribution in [0.25, 0.3) is 5.57 Å². The Morgan fingerprint density at radius 3 is 2.57 bits per heavy atom. The molecule has 0 saturated heterocycles. The Morgan fingerprint density at radius 1 is 1.43 bits per heavy atom. The van der Waals surface area contributed by atoms with Crippen molar-refractivity contribution in [3.63, 3.8) is 0 Å². The zero-order valence-electron chi connectivity index (χ0n) is 7.29. The summed E-state index contributed by atoms with van der Waals surface area (Å²) in [6.07, 6.45) is -0.146. The molecule has 1 aromatic rings. The molecule has 0 aliphatic rings. The number of carbonyl (C=O) groups is 1. The zero-order valence-corrected chi connectivity index (χ0v) is 8.04. The Labute approximate surface area is 86.2 Å². The third kappa shape index (κ3) is 2.46. The molecule has 2 N–H and O–H groups in total. The molecule has 72 valence electrons. The van der Waals surface area contributed by atoms with Gasteiger partial charge in [0.05, 0.1) is 12.0 Å². The normalized spacial score (nSPS) is 9.21. The molecule has 0 spiro atoms. The SMILES string of the molecule is NC(=O)CC(=C=O)c1ccccc1Cl. The van der Waals surface area contributed by atoms with Crippen LogP contribution in [-0.2, 0) is 9.59 Å². The fraction of sp³-hybridized carbons (Fsp3) is 0.100. The first-order valence-electron chi connectivity index (χ1n) is 3.92. The quantitative estimate of drug-likeness (QED) is 0.766. The summed E-state index contributed by atoms with van der Waals surface area (Å²) in [7, 11) is 0. The lowest BCUT2D eigenvalue weighted by Crippen LogP contribution is -2.11. The maximum absolute atomic E-state index is 10.6. The number of nitrogens with two attached hydrogens (primary N) is 1. The third-order valence-electron chi connectivity index (χ3n) is 1.67. The maximum atomic E-state index is 10.6. The number of halogens is 1. The molecule has 0 aliphatic heterocycles. The van der Waals surface area contributed by atoms with Gasteiger partial charge in [0.1, 0.15) is 5.94 Å². The monoisotopic (exact) mass is 209 g/mol. The Kier molecular flexibility index (Phi) is 3.46. The van der Waals surface area contributed by atoms with Gasteiger partial charge in [-0.2, -0.15) is 0 Å². The van der Waals surface area contributed by atoms with E-state index < -0.39 is 5.91 Å². The van der Waals surface area contributed by atoms with Crippen molar-refractivity contribution in [3.8, 4) is 0 Å². The predicted molar refractivity (Wildman–Crippen MR) is 54.4 cm³/mol. The highest BCUT2D eigenvalue weighted by molar-refractivity contribution is 6.32. The first-order chi connectivity index (χ1) is 6.65. The van der Waals surface area contributed by atoms with Gasteiger partial charge in [0.15, 0.2) is 0 Å². The van der Waals surface area contributed by atoms with E-state index >= 15 is 0 Å². The second-order valence-corrected chi connectivity index (χ2v) is 3.11. The average Bonchev–Trinajstić information content (AvgIpc) is 2.15. The number of hydrogen-bond donors (Lipinski definition) is 1. The number of carbonyl (C=O) groups excluding carboxylic acids is 2. The highest BCUT2D eigenvalue weighted by Crippen LogP contribution is 2.23. The number of hydrogen-bond acceptors (Lipinski definition) is 2. The molecule has 0 radical (unpaired) electrons. The van der Waals surface area contributed by atoms with Crippen LogP contribution in [0, 0.1) is 0 Å². The summed E-state index contributed by atoms with van der Waals surface area (Å²) >= 11 is 5.83. The summed E-state index contributed by atoms with van der Waals surface area (Å²) in [6.45, 7) is 0. The van der Waals surface area contributed by atoms with E-state index in [2.05, 4.69) is 0 Å². The van der Waals surface area contributed by atoms with E-state index in [0.29, 0.717) is 10.6 Å². The van der Waals surface area contributed by atoms with E-state index in [0.717, 1.165) is 0 Å². The molecule has 0 aromatic heterocycles. The van der Waals surface area contributed by atoms with Crippen LogP contribution in [0.4, 0.5) is 0 Å². The van der Waals surface area contributed by atoms with Gasteiger partial charge in [-0.15, -0.1) is 0 Å². The molecule has 0 atom stereocenters.